The molecule has 0 unspecified atom stereocenters. The van der Waals surface area contributed by atoms with Gasteiger partial charge in [0.2, 0.25) is 10.0 Å². The van der Waals surface area contributed by atoms with Crippen LogP contribution >= 0.6 is 15.9 Å². The summed E-state index contributed by atoms with van der Waals surface area (Å²) in [5.41, 5.74) is -0.515. The Balaban J connectivity index is 2.21. The van der Waals surface area contributed by atoms with Crippen LogP contribution < -0.4 is 5.14 Å². The van der Waals surface area contributed by atoms with Gasteiger partial charge in [-0.05, 0) is 30.3 Å². The molecule has 0 aromatic heterocycles. The van der Waals surface area contributed by atoms with Gasteiger partial charge in [-0.3, -0.25) is 0 Å². The van der Waals surface area contributed by atoms with Gasteiger partial charge in [-0.15, -0.1) is 0 Å². The van der Waals surface area contributed by atoms with Crippen LogP contribution in [-0.2, 0) is 21.4 Å². The van der Waals surface area contributed by atoms with Crippen molar-refractivity contribution >= 4 is 31.9 Å². The van der Waals surface area contributed by atoms with Crippen molar-refractivity contribution in [3.8, 4) is 0 Å². The number of benzene rings is 2. The Morgan fingerprint density at radius 3 is 2.43 bits per heavy atom. The first kappa shape index (κ1) is 17.5. The van der Waals surface area contributed by atoms with Gasteiger partial charge in [0.15, 0.2) is 0 Å². The molecule has 2 rings (SSSR count). The molecule has 122 valence electrons. The maximum absolute atomic E-state index is 13.6. The second-order valence-electron chi connectivity index (χ2n) is 4.50. The second kappa shape index (κ2) is 6.73. The normalized spacial score (nSPS) is 11.3. The van der Waals surface area contributed by atoms with Gasteiger partial charge in [-0.2, -0.15) is 0 Å². The van der Waals surface area contributed by atoms with E-state index in [1.165, 1.54) is 12.1 Å². The van der Waals surface area contributed by atoms with Gasteiger partial charge in [-0.1, -0.05) is 22.0 Å². The monoisotopic (exact) mass is 405 g/mol. The quantitative estimate of drug-likeness (QED) is 0.792. The van der Waals surface area contributed by atoms with Gasteiger partial charge in [0.25, 0.3) is 0 Å². The third-order valence-corrected chi connectivity index (χ3v) is 4.26. The third-order valence-electron chi connectivity index (χ3n) is 2.86. The van der Waals surface area contributed by atoms with Crippen LogP contribution in [0.4, 0.5) is 8.78 Å². The fraction of sp³-hybridized carbons (Fsp3) is 0.0714. The van der Waals surface area contributed by atoms with Gasteiger partial charge in [0.1, 0.15) is 18.2 Å². The van der Waals surface area contributed by atoms with Crippen molar-refractivity contribution in [1.29, 1.82) is 0 Å². The van der Waals surface area contributed by atoms with E-state index in [0.717, 1.165) is 18.2 Å². The topological polar surface area (TPSA) is 86.5 Å². The molecular weight excluding hydrogens is 396 g/mol. The summed E-state index contributed by atoms with van der Waals surface area (Å²) in [6, 6.07) is 6.61. The average Bonchev–Trinajstić information content (AvgIpc) is 2.45. The molecule has 2 aromatic carbocycles. The van der Waals surface area contributed by atoms with E-state index in [-0.39, 0.29) is 5.56 Å². The summed E-state index contributed by atoms with van der Waals surface area (Å²) in [5.74, 6) is -2.71. The molecule has 0 bridgehead atoms. The van der Waals surface area contributed by atoms with E-state index in [1.54, 1.807) is 6.07 Å². The molecule has 0 saturated heterocycles. The standard InChI is InChI=1S/C14H10BrF2NO4S/c15-9-2-1-8(13(17)5-9)7-22-14(19)11-6-10(23(18,20)21)3-4-12(11)16/h1-6H,7H2,(H2,18,20,21). The van der Waals surface area contributed by atoms with E-state index in [1.807, 2.05) is 0 Å². The van der Waals surface area contributed by atoms with Crippen molar-refractivity contribution in [1.82, 2.24) is 0 Å². The predicted octanol–water partition coefficient (Wildman–Crippen LogP) is 2.73. The molecule has 0 aliphatic heterocycles. The number of halogens is 3. The predicted molar refractivity (Wildman–Crippen MR) is 81.0 cm³/mol. The summed E-state index contributed by atoms with van der Waals surface area (Å²) in [4.78, 5) is 11.4. The van der Waals surface area contributed by atoms with Crippen LogP contribution in [0.25, 0.3) is 0 Å². The van der Waals surface area contributed by atoms with Crippen molar-refractivity contribution in [3.05, 3.63) is 63.6 Å². The van der Waals surface area contributed by atoms with E-state index in [4.69, 9.17) is 9.88 Å². The molecule has 0 heterocycles. The molecule has 0 amide bonds. The second-order valence-corrected chi connectivity index (χ2v) is 6.98. The van der Waals surface area contributed by atoms with Crippen LogP contribution in [-0.4, -0.2) is 14.4 Å². The Morgan fingerprint density at radius 2 is 1.83 bits per heavy atom. The largest absolute Gasteiger partial charge is 0.457 e. The minimum absolute atomic E-state index is 0.0876. The third kappa shape index (κ3) is 4.34. The highest BCUT2D eigenvalue weighted by Gasteiger charge is 2.18. The number of hydrogen-bond donors (Lipinski definition) is 1. The Morgan fingerprint density at radius 1 is 1.13 bits per heavy atom. The van der Waals surface area contributed by atoms with Gasteiger partial charge >= 0.3 is 5.97 Å². The van der Waals surface area contributed by atoms with Crippen LogP contribution in [0.2, 0.25) is 0 Å². The molecule has 0 fully saturated rings. The summed E-state index contributed by atoms with van der Waals surface area (Å²) in [6.07, 6.45) is 0. The highest BCUT2D eigenvalue weighted by atomic mass is 79.9. The van der Waals surface area contributed by atoms with Crippen LogP contribution in [0, 0.1) is 11.6 Å². The number of sulfonamides is 1. The van der Waals surface area contributed by atoms with Gasteiger partial charge in [-0.25, -0.2) is 27.1 Å². The summed E-state index contributed by atoms with van der Waals surface area (Å²) in [7, 11) is -4.09. The van der Waals surface area contributed by atoms with E-state index in [0.29, 0.717) is 4.47 Å². The molecular formula is C14H10BrF2NO4S. The molecule has 2 aromatic rings. The highest BCUT2D eigenvalue weighted by molar-refractivity contribution is 9.10. The maximum atomic E-state index is 13.6. The van der Waals surface area contributed by atoms with Crippen molar-refractivity contribution < 1.29 is 26.7 Å². The zero-order valence-electron chi connectivity index (χ0n) is 11.4. The fourth-order valence-corrected chi connectivity index (χ4v) is 2.57. The molecule has 0 aliphatic carbocycles. The molecule has 0 atom stereocenters. The minimum Gasteiger partial charge on any atom is -0.457 e. The Kier molecular flexibility index (Phi) is 5.12. The number of ether oxygens (including phenoxy) is 1. The van der Waals surface area contributed by atoms with E-state index in [9.17, 15) is 22.0 Å². The average molecular weight is 406 g/mol. The first-order chi connectivity index (χ1) is 10.7. The van der Waals surface area contributed by atoms with Crippen LogP contribution in [0.5, 0.6) is 0 Å². The summed E-state index contributed by atoms with van der Waals surface area (Å²) < 4.78 is 55.0. The van der Waals surface area contributed by atoms with E-state index >= 15 is 0 Å². The van der Waals surface area contributed by atoms with Gasteiger partial charge in [0, 0.05) is 10.0 Å². The minimum atomic E-state index is -4.09. The molecule has 2 N–H and O–H groups in total. The number of esters is 1. The Bertz CT molecular complexity index is 871. The summed E-state index contributed by atoms with van der Waals surface area (Å²) in [5, 5.41) is 4.92. The molecule has 9 heteroatoms. The number of rotatable bonds is 4. The lowest BCUT2D eigenvalue weighted by Gasteiger charge is -2.08. The van der Waals surface area contributed by atoms with Crippen molar-refractivity contribution in [3.63, 3.8) is 0 Å². The molecule has 5 nitrogen and oxygen atoms in total. The van der Waals surface area contributed by atoms with Crippen LogP contribution in [0.1, 0.15) is 15.9 Å². The Labute approximate surface area is 139 Å². The smallest absolute Gasteiger partial charge is 0.341 e. The molecule has 0 aliphatic rings. The molecule has 0 radical (unpaired) electrons. The molecule has 0 spiro atoms. The fourth-order valence-electron chi connectivity index (χ4n) is 1.70. The van der Waals surface area contributed by atoms with Crippen LogP contribution in [0.3, 0.4) is 0 Å². The maximum Gasteiger partial charge on any atom is 0.341 e. The van der Waals surface area contributed by atoms with Crippen molar-refractivity contribution in [2.45, 2.75) is 11.5 Å². The first-order valence-corrected chi connectivity index (χ1v) is 8.46. The zero-order chi connectivity index (χ0) is 17.2. The summed E-state index contributed by atoms with van der Waals surface area (Å²) in [6.45, 7) is -0.434. The lowest BCUT2D eigenvalue weighted by molar-refractivity contribution is 0.0463. The number of carbonyl (C=O) groups excluding carboxylic acids is 1. The lowest BCUT2D eigenvalue weighted by Crippen LogP contribution is -2.15. The number of carbonyl (C=O) groups is 1. The zero-order valence-corrected chi connectivity index (χ0v) is 13.8. The van der Waals surface area contributed by atoms with Crippen LogP contribution in [0.15, 0.2) is 45.8 Å². The molecule has 0 saturated carbocycles. The number of primary sulfonamides is 1. The number of hydrogen-bond acceptors (Lipinski definition) is 4. The first-order valence-electron chi connectivity index (χ1n) is 6.12. The molecule has 23 heavy (non-hydrogen) atoms. The SMILES string of the molecule is NS(=O)(=O)c1ccc(F)c(C(=O)OCc2ccc(Br)cc2F)c1. The van der Waals surface area contributed by atoms with E-state index in [2.05, 4.69) is 15.9 Å². The van der Waals surface area contributed by atoms with Crippen molar-refractivity contribution in [2.75, 3.05) is 0 Å². The summed E-state index contributed by atoms with van der Waals surface area (Å²) >= 11 is 3.08. The van der Waals surface area contributed by atoms with Gasteiger partial charge in [0.05, 0.1) is 10.5 Å². The van der Waals surface area contributed by atoms with Crippen molar-refractivity contribution in [2.24, 2.45) is 5.14 Å². The highest BCUT2D eigenvalue weighted by Crippen LogP contribution is 2.18. The van der Waals surface area contributed by atoms with E-state index < -0.39 is 44.7 Å². The number of nitrogens with two attached hydrogens (primary N) is 1. The lowest BCUT2D eigenvalue weighted by atomic mass is 10.2. The van der Waals surface area contributed by atoms with Gasteiger partial charge < -0.3 is 4.74 Å². The Hall–Kier alpha value is -1.84.